The minimum Gasteiger partial charge on any atom is -0.312 e. The van der Waals surface area contributed by atoms with Gasteiger partial charge in [0.2, 0.25) is 0 Å². The van der Waals surface area contributed by atoms with Gasteiger partial charge in [-0.2, -0.15) is 0 Å². The number of fused-ring (bicyclic) bond motifs is 25. The molecule has 1 aliphatic rings. The van der Waals surface area contributed by atoms with Crippen LogP contribution >= 0.6 is 0 Å². The molecule has 0 saturated heterocycles. The summed E-state index contributed by atoms with van der Waals surface area (Å²) < 4.78 is 10.5. The average molecular weight is 887 g/mol. The van der Waals surface area contributed by atoms with Crippen LogP contribution in [0.3, 0.4) is 0 Å². The molecule has 0 fully saturated rings. The molecule has 0 amide bonds. The van der Waals surface area contributed by atoms with Gasteiger partial charge in [0, 0.05) is 105 Å². The Labute approximate surface area is 399 Å². The molecule has 0 bridgehead atoms. The summed E-state index contributed by atoms with van der Waals surface area (Å²) in [5.41, 5.74) is 23.1. The van der Waals surface area contributed by atoms with Gasteiger partial charge in [-0.1, -0.05) is 176 Å². The van der Waals surface area contributed by atoms with E-state index >= 15 is 0 Å². The Kier molecular flexibility index (Phi) is 6.33. The number of hydrogen-bond donors (Lipinski definition) is 0. The Balaban J connectivity index is 1.11. The number of rotatable bonds is 3. The average Bonchev–Trinajstić information content (AvgIpc) is 4.31. The highest BCUT2D eigenvalue weighted by atomic mass is 15.0. The molecule has 17 aromatic rings. The molecule has 0 atom stereocenters. The molecule has 0 saturated carbocycles. The molecule has 322 valence electrons. The van der Waals surface area contributed by atoms with E-state index in [0.717, 1.165) is 6.42 Å². The van der Waals surface area contributed by atoms with Crippen molar-refractivity contribution >= 4 is 131 Å². The van der Waals surface area contributed by atoms with E-state index < -0.39 is 0 Å². The molecule has 7 aromatic heterocycles. The van der Waals surface area contributed by atoms with Gasteiger partial charge in [-0.15, -0.1) is 0 Å². The number of nitrogens with zero attached hydrogens (tertiary/aromatic N) is 4. The van der Waals surface area contributed by atoms with Gasteiger partial charge in [-0.05, 0) is 47.9 Å². The summed E-state index contributed by atoms with van der Waals surface area (Å²) >= 11 is 0. The van der Waals surface area contributed by atoms with Crippen LogP contribution in [0.2, 0.25) is 0 Å². The van der Waals surface area contributed by atoms with Gasteiger partial charge in [0.25, 0.3) is 0 Å². The normalized spacial score (nSPS) is 13.4. The highest BCUT2D eigenvalue weighted by Crippen LogP contribution is 2.56. The Morgan fingerprint density at radius 3 is 1.46 bits per heavy atom. The van der Waals surface area contributed by atoms with E-state index in [-0.39, 0.29) is 0 Å². The smallest absolute Gasteiger partial charge is 0.0641 e. The fourth-order valence-electron chi connectivity index (χ4n) is 14.2. The third-order valence-electron chi connectivity index (χ3n) is 16.6. The molecule has 0 aliphatic carbocycles. The van der Waals surface area contributed by atoms with E-state index in [4.69, 9.17) is 0 Å². The zero-order valence-corrected chi connectivity index (χ0v) is 38.0. The van der Waals surface area contributed by atoms with Crippen LogP contribution in [0.5, 0.6) is 0 Å². The number of benzene rings is 10. The topological polar surface area (TPSA) is 18.2 Å². The van der Waals surface area contributed by atoms with E-state index in [1.54, 1.807) is 0 Å². The second-order valence-electron chi connectivity index (χ2n) is 19.8. The van der Waals surface area contributed by atoms with Crippen LogP contribution in [0.25, 0.3) is 159 Å². The van der Waals surface area contributed by atoms with Crippen LogP contribution in [0.4, 0.5) is 0 Å². The monoisotopic (exact) mass is 886 g/mol. The van der Waals surface area contributed by atoms with Gasteiger partial charge in [-0.25, -0.2) is 0 Å². The molecule has 0 radical (unpaired) electrons. The zero-order valence-electron chi connectivity index (χ0n) is 38.0. The van der Waals surface area contributed by atoms with Crippen molar-refractivity contribution in [3.63, 3.8) is 0 Å². The Hall–Kier alpha value is -9.12. The summed E-state index contributed by atoms with van der Waals surface area (Å²) in [4.78, 5) is 0. The minimum absolute atomic E-state index is 0.923. The summed E-state index contributed by atoms with van der Waals surface area (Å²) in [6.07, 6.45) is 5.45. The summed E-state index contributed by atoms with van der Waals surface area (Å²) in [5, 5.41) is 16.9. The molecular formula is C66H38N4. The van der Waals surface area contributed by atoms with Crippen molar-refractivity contribution in [2.75, 3.05) is 0 Å². The van der Waals surface area contributed by atoms with Crippen LogP contribution in [0.15, 0.2) is 194 Å². The van der Waals surface area contributed by atoms with E-state index in [0.29, 0.717) is 0 Å². The zero-order chi connectivity index (χ0) is 45.2. The van der Waals surface area contributed by atoms with Gasteiger partial charge < -0.3 is 17.8 Å². The van der Waals surface area contributed by atoms with Crippen LogP contribution in [0.1, 0.15) is 23.7 Å². The lowest BCUT2D eigenvalue weighted by atomic mass is 9.89. The van der Waals surface area contributed by atoms with Gasteiger partial charge in [-0.3, -0.25) is 0 Å². The second-order valence-corrected chi connectivity index (χ2v) is 19.8. The molecule has 0 N–H and O–H groups in total. The summed E-state index contributed by atoms with van der Waals surface area (Å²) in [6, 6.07) is 71.2. The van der Waals surface area contributed by atoms with Crippen LogP contribution in [-0.2, 0) is 6.42 Å². The Morgan fingerprint density at radius 2 is 0.814 bits per heavy atom. The molecule has 4 nitrogen and oxygen atoms in total. The number of hydrogen-bond acceptors (Lipinski definition) is 0. The molecular weight excluding hydrogens is 849 g/mol. The van der Waals surface area contributed by atoms with Crippen molar-refractivity contribution in [1.82, 2.24) is 17.8 Å². The van der Waals surface area contributed by atoms with Crippen LogP contribution < -0.4 is 0 Å². The molecule has 8 heterocycles. The van der Waals surface area contributed by atoms with E-state index in [1.807, 2.05) is 0 Å². The largest absolute Gasteiger partial charge is 0.312 e. The fourth-order valence-corrected chi connectivity index (χ4v) is 14.2. The maximum absolute atomic E-state index is 2.67. The summed E-state index contributed by atoms with van der Waals surface area (Å²) in [5.74, 6) is 0. The fraction of sp³-hybridized carbons (Fsp3) is 0.0303. The third-order valence-corrected chi connectivity index (χ3v) is 16.6. The van der Waals surface area contributed by atoms with Gasteiger partial charge in [0.05, 0.1) is 55.2 Å². The predicted octanol–water partition coefficient (Wildman–Crippen LogP) is 17.4. The first kappa shape index (κ1) is 36.0. The quantitative estimate of drug-likeness (QED) is 0.168. The second kappa shape index (κ2) is 12.3. The molecule has 70 heavy (non-hydrogen) atoms. The first-order valence-corrected chi connectivity index (χ1v) is 24.6. The molecule has 0 spiro atoms. The van der Waals surface area contributed by atoms with E-state index in [2.05, 4.69) is 225 Å². The SMILES string of the molecule is C/C=C\c1c2n(c3c1ccc1c3c3cccc4c5c(-c6ccccc6)c6c(c(-c7ccccc7)c5n1c43)c1cccc3c4c(ccc5c7cccc8c9ccccc9n(c87)c54)n6c13)-c1ccccc1C2. The summed E-state index contributed by atoms with van der Waals surface area (Å²) in [6.45, 7) is 2.14. The minimum atomic E-state index is 0.923. The molecule has 4 heteroatoms. The Bertz CT molecular complexity index is 5190. The molecule has 0 unspecified atom stereocenters. The van der Waals surface area contributed by atoms with Crippen molar-refractivity contribution < 1.29 is 0 Å². The predicted molar refractivity (Wildman–Crippen MR) is 296 cm³/mol. The van der Waals surface area contributed by atoms with E-state index in [1.165, 1.54) is 170 Å². The Morgan fingerprint density at radius 1 is 0.343 bits per heavy atom. The summed E-state index contributed by atoms with van der Waals surface area (Å²) in [7, 11) is 0. The lowest BCUT2D eigenvalue weighted by Crippen LogP contribution is -1.94. The van der Waals surface area contributed by atoms with Crippen LogP contribution in [0, 0.1) is 0 Å². The highest BCUT2D eigenvalue weighted by molar-refractivity contribution is 6.40. The van der Waals surface area contributed by atoms with Crippen molar-refractivity contribution in [1.29, 1.82) is 0 Å². The van der Waals surface area contributed by atoms with Gasteiger partial charge in [0.1, 0.15) is 0 Å². The van der Waals surface area contributed by atoms with Gasteiger partial charge >= 0.3 is 0 Å². The highest BCUT2D eigenvalue weighted by Gasteiger charge is 2.33. The molecule has 10 aromatic carbocycles. The number of para-hydroxylation sites is 5. The maximum Gasteiger partial charge on any atom is 0.0641 e. The third kappa shape index (κ3) is 3.94. The van der Waals surface area contributed by atoms with Crippen molar-refractivity contribution in [3.05, 3.63) is 211 Å². The first-order chi connectivity index (χ1) is 34.8. The van der Waals surface area contributed by atoms with Crippen molar-refractivity contribution in [3.8, 4) is 27.9 Å². The first-order valence-electron chi connectivity index (χ1n) is 24.6. The van der Waals surface area contributed by atoms with Gasteiger partial charge in [0.15, 0.2) is 0 Å². The van der Waals surface area contributed by atoms with Crippen LogP contribution in [-0.4, -0.2) is 17.8 Å². The van der Waals surface area contributed by atoms with Crippen molar-refractivity contribution in [2.24, 2.45) is 0 Å². The number of aromatic nitrogens is 4. The maximum atomic E-state index is 2.67. The molecule has 1 aliphatic heterocycles. The standard InChI is InChI=1S/C66H38N4/c1-2-16-39-43-31-33-51-56(63(43)67-49-29-11-9-21-38(49)35-53(39)67)45-25-14-27-47-58-55(37-19-7-4-8-20-37)66-59(54(36-17-5-3-6-18-36)65(58)69(51)61(45)47)48-28-15-26-46-57-52(70(66)62(46)48)34-32-44-42-24-13-23-41-40-22-10-12-30-50(40)68(60(41)42)64(44)57/h2-34H,35H2,1H3/b16-2-. The van der Waals surface area contributed by atoms with E-state index in [9.17, 15) is 0 Å². The van der Waals surface area contributed by atoms with Crippen molar-refractivity contribution in [2.45, 2.75) is 13.3 Å². The lowest BCUT2D eigenvalue weighted by molar-refractivity contribution is 1.09. The number of allylic oxidation sites excluding steroid dienone is 1. The molecule has 18 rings (SSSR count). The lowest BCUT2D eigenvalue weighted by Gasteiger charge is -2.16.